The smallest absolute Gasteiger partial charge is 0.191 e. The summed E-state index contributed by atoms with van der Waals surface area (Å²) in [5.74, 6) is 1.27. The van der Waals surface area contributed by atoms with Gasteiger partial charge in [-0.1, -0.05) is 11.8 Å². The number of ether oxygens (including phenoxy) is 1. The lowest BCUT2D eigenvalue weighted by molar-refractivity contribution is 0.102. The minimum Gasteiger partial charge on any atom is -0.494 e. The summed E-state index contributed by atoms with van der Waals surface area (Å²) in [7, 11) is 0. The summed E-state index contributed by atoms with van der Waals surface area (Å²) in [6.07, 6.45) is 1.70. The Hall–Kier alpha value is -2.54. The highest BCUT2D eigenvalue weighted by atomic mass is 32.2. The normalized spacial score (nSPS) is 11.2. The van der Waals surface area contributed by atoms with Crippen LogP contribution in [0, 0.1) is 13.8 Å². The summed E-state index contributed by atoms with van der Waals surface area (Å²) in [5, 5.41) is 8.85. The molecule has 148 valence electrons. The lowest BCUT2D eigenvalue weighted by Gasteiger charge is -2.11. The second-order valence-electron chi connectivity index (χ2n) is 6.87. The molecule has 0 amide bonds. The van der Waals surface area contributed by atoms with Crippen LogP contribution in [0.2, 0.25) is 0 Å². The number of rotatable bonds is 8. The third-order valence-electron chi connectivity index (χ3n) is 4.57. The Morgan fingerprint density at radius 3 is 2.57 bits per heavy atom. The van der Waals surface area contributed by atoms with Crippen LogP contribution < -0.4 is 4.74 Å². The van der Waals surface area contributed by atoms with Crippen molar-refractivity contribution in [3.8, 4) is 11.4 Å². The molecule has 0 aliphatic rings. The summed E-state index contributed by atoms with van der Waals surface area (Å²) in [6, 6.07) is 10.2. The van der Waals surface area contributed by atoms with E-state index < -0.39 is 0 Å². The predicted molar refractivity (Wildman–Crippen MR) is 112 cm³/mol. The minimum absolute atomic E-state index is 0.0913. The third kappa shape index (κ3) is 4.14. The number of hydrogen-bond acceptors (Lipinski definition) is 5. The summed E-state index contributed by atoms with van der Waals surface area (Å²) in [6.45, 7) is 10.7. The van der Waals surface area contributed by atoms with Gasteiger partial charge in [-0.15, -0.1) is 10.2 Å². The van der Waals surface area contributed by atoms with Gasteiger partial charge in [0.05, 0.1) is 12.4 Å². The van der Waals surface area contributed by atoms with Gasteiger partial charge in [0.25, 0.3) is 0 Å². The van der Waals surface area contributed by atoms with Crippen LogP contribution in [-0.4, -0.2) is 37.5 Å². The van der Waals surface area contributed by atoms with E-state index in [9.17, 15) is 4.79 Å². The predicted octanol–water partition coefficient (Wildman–Crippen LogP) is 4.64. The van der Waals surface area contributed by atoms with Crippen LogP contribution in [0.1, 0.15) is 48.6 Å². The molecular weight excluding hydrogens is 372 g/mol. The summed E-state index contributed by atoms with van der Waals surface area (Å²) >= 11 is 1.43. The quantitative estimate of drug-likeness (QED) is 0.409. The highest BCUT2D eigenvalue weighted by Gasteiger charge is 2.18. The average Bonchev–Trinajstić information content (AvgIpc) is 3.25. The van der Waals surface area contributed by atoms with Gasteiger partial charge >= 0.3 is 0 Å². The maximum absolute atomic E-state index is 12.9. The highest BCUT2D eigenvalue weighted by Crippen LogP contribution is 2.25. The first-order valence-electron chi connectivity index (χ1n) is 9.40. The molecule has 0 radical (unpaired) electrons. The summed E-state index contributed by atoms with van der Waals surface area (Å²) in [4.78, 5) is 12.9. The molecule has 0 bridgehead atoms. The minimum atomic E-state index is 0.0913. The number of carbonyl (C=O) groups excluding carboxylic acids is 1. The van der Waals surface area contributed by atoms with Crippen molar-refractivity contribution in [2.75, 3.05) is 12.4 Å². The van der Waals surface area contributed by atoms with Gasteiger partial charge in [-0.05, 0) is 65.0 Å². The van der Waals surface area contributed by atoms with Gasteiger partial charge in [-0.25, -0.2) is 0 Å². The lowest BCUT2D eigenvalue weighted by atomic mass is 10.2. The number of Topliss-reactive ketones (excluding diaryl/α,β-unsaturated/α-hetero) is 1. The van der Waals surface area contributed by atoms with Gasteiger partial charge in [0, 0.05) is 28.7 Å². The molecule has 0 aliphatic heterocycles. The fourth-order valence-corrected chi connectivity index (χ4v) is 4.13. The summed E-state index contributed by atoms with van der Waals surface area (Å²) < 4.78 is 9.59. The molecule has 2 heterocycles. The van der Waals surface area contributed by atoms with Gasteiger partial charge < -0.3 is 13.9 Å². The monoisotopic (exact) mass is 398 g/mol. The van der Waals surface area contributed by atoms with Gasteiger partial charge in [0.15, 0.2) is 10.9 Å². The van der Waals surface area contributed by atoms with Gasteiger partial charge in [-0.3, -0.25) is 4.79 Å². The van der Waals surface area contributed by atoms with E-state index in [1.807, 2.05) is 55.7 Å². The molecule has 28 heavy (non-hydrogen) atoms. The van der Waals surface area contributed by atoms with E-state index in [0.29, 0.717) is 12.4 Å². The molecular formula is C21H26N4O2S. The number of nitrogens with zero attached hydrogens (tertiary/aromatic N) is 4. The van der Waals surface area contributed by atoms with E-state index in [1.54, 1.807) is 6.33 Å². The van der Waals surface area contributed by atoms with Crippen molar-refractivity contribution < 1.29 is 9.53 Å². The fourth-order valence-electron chi connectivity index (χ4n) is 3.20. The van der Waals surface area contributed by atoms with Crippen LogP contribution >= 0.6 is 11.8 Å². The first-order valence-corrected chi connectivity index (χ1v) is 10.4. The largest absolute Gasteiger partial charge is 0.494 e. The molecule has 0 atom stereocenters. The van der Waals surface area contributed by atoms with E-state index in [4.69, 9.17) is 4.74 Å². The van der Waals surface area contributed by atoms with Crippen molar-refractivity contribution in [3.05, 3.63) is 53.6 Å². The first-order chi connectivity index (χ1) is 13.4. The van der Waals surface area contributed by atoms with Crippen molar-refractivity contribution in [3.63, 3.8) is 0 Å². The number of benzene rings is 1. The Bertz CT molecular complexity index is 957. The zero-order chi connectivity index (χ0) is 20.3. The molecule has 0 aliphatic carbocycles. The molecule has 0 fully saturated rings. The Morgan fingerprint density at radius 2 is 1.93 bits per heavy atom. The van der Waals surface area contributed by atoms with Crippen LogP contribution in [0.3, 0.4) is 0 Å². The number of aromatic nitrogens is 4. The molecule has 6 nitrogen and oxygen atoms in total. The van der Waals surface area contributed by atoms with E-state index >= 15 is 0 Å². The Labute approximate surface area is 169 Å². The number of thioether (sulfide) groups is 1. The van der Waals surface area contributed by atoms with E-state index in [1.165, 1.54) is 11.8 Å². The van der Waals surface area contributed by atoms with Crippen LogP contribution in [0.4, 0.5) is 0 Å². The zero-order valence-corrected chi connectivity index (χ0v) is 17.8. The van der Waals surface area contributed by atoms with E-state index in [0.717, 1.165) is 33.5 Å². The molecule has 2 aromatic heterocycles. The second-order valence-corrected chi connectivity index (χ2v) is 7.82. The van der Waals surface area contributed by atoms with Crippen LogP contribution in [-0.2, 0) is 0 Å². The van der Waals surface area contributed by atoms with Crippen LogP contribution in [0.5, 0.6) is 5.75 Å². The maximum atomic E-state index is 12.9. The molecule has 0 spiro atoms. The van der Waals surface area contributed by atoms with E-state index in [-0.39, 0.29) is 11.8 Å². The SMILES string of the molecule is CCOc1ccc(-n2c(C)cc(C(=O)CSc3nncn3C(C)C)c2C)cc1. The number of aryl methyl sites for hydroxylation is 1. The second kappa shape index (κ2) is 8.65. The average molecular weight is 399 g/mol. The number of hydrogen-bond donors (Lipinski definition) is 0. The molecule has 3 rings (SSSR count). The Balaban J connectivity index is 1.78. The maximum Gasteiger partial charge on any atom is 0.191 e. The Kier molecular flexibility index (Phi) is 6.24. The van der Waals surface area contributed by atoms with Crippen molar-refractivity contribution in [1.82, 2.24) is 19.3 Å². The molecule has 1 aromatic carbocycles. The molecule has 7 heteroatoms. The molecule has 0 N–H and O–H groups in total. The van der Waals surface area contributed by atoms with Crippen LogP contribution in [0.25, 0.3) is 5.69 Å². The van der Waals surface area contributed by atoms with Gasteiger partial charge in [-0.2, -0.15) is 0 Å². The van der Waals surface area contributed by atoms with Gasteiger partial charge in [0.1, 0.15) is 12.1 Å². The van der Waals surface area contributed by atoms with Gasteiger partial charge in [0.2, 0.25) is 0 Å². The number of carbonyl (C=O) groups is 1. The molecule has 0 unspecified atom stereocenters. The Morgan fingerprint density at radius 1 is 1.21 bits per heavy atom. The molecule has 0 saturated heterocycles. The van der Waals surface area contributed by atoms with Crippen LogP contribution in [0.15, 0.2) is 41.8 Å². The third-order valence-corrected chi connectivity index (χ3v) is 5.52. The lowest BCUT2D eigenvalue weighted by Crippen LogP contribution is -2.07. The standard InChI is InChI=1S/C21H26N4O2S/c1-6-27-18-9-7-17(8-10-18)25-15(4)11-19(16(25)5)20(26)12-28-21-23-22-13-24(21)14(2)3/h7-11,13-14H,6,12H2,1-5H3. The van der Waals surface area contributed by atoms with E-state index in [2.05, 4.69) is 28.6 Å². The highest BCUT2D eigenvalue weighted by molar-refractivity contribution is 7.99. The topological polar surface area (TPSA) is 61.9 Å². The van der Waals surface area contributed by atoms with Crippen molar-refractivity contribution in [2.45, 2.75) is 45.8 Å². The fraction of sp³-hybridized carbons (Fsp3) is 0.381. The number of ketones is 1. The van der Waals surface area contributed by atoms with Crippen molar-refractivity contribution in [2.24, 2.45) is 0 Å². The van der Waals surface area contributed by atoms with Crippen molar-refractivity contribution in [1.29, 1.82) is 0 Å². The summed E-state index contributed by atoms with van der Waals surface area (Å²) in [5.41, 5.74) is 3.73. The first kappa shape index (κ1) is 20.2. The van der Waals surface area contributed by atoms with Crippen molar-refractivity contribution >= 4 is 17.5 Å². The molecule has 0 saturated carbocycles. The molecule has 3 aromatic rings. The zero-order valence-electron chi connectivity index (χ0n) is 17.0.